The summed E-state index contributed by atoms with van der Waals surface area (Å²) >= 11 is 0. The molecule has 2 saturated heterocycles. The molecule has 2 aliphatic heterocycles. The van der Waals surface area contributed by atoms with E-state index >= 15 is 0 Å². The van der Waals surface area contributed by atoms with Crippen LogP contribution in [0, 0.1) is 11.8 Å². The van der Waals surface area contributed by atoms with Gasteiger partial charge in [-0.2, -0.15) is 0 Å². The number of likely N-dealkylation sites (tertiary alicyclic amines) is 1. The first-order valence-corrected chi connectivity index (χ1v) is 9.55. The standard InChI is InChI=1S/C18H35N5/c1-15(22-10-8-21(3)9-11-22)12-20-18(19-2)23-13-16-6-4-5-7-17(16)14-23/h15-17H,4-14H2,1-3H3,(H,19,20). The summed E-state index contributed by atoms with van der Waals surface area (Å²) in [5.41, 5.74) is 0. The number of aliphatic imine (C=N–C) groups is 1. The van der Waals surface area contributed by atoms with Crippen molar-refractivity contribution in [1.29, 1.82) is 0 Å². The van der Waals surface area contributed by atoms with Gasteiger partial charge in [-0.15, -0.1) is 0 Å². The Morgan fingerprint density at radius 1 is 1.09 bits per heavy atom. The second-order valence-corrected chi connectivity index (χ2v) is 7.83. The average Bonchev–Trinajstić information content (AvgIpc) is 2.99. The Labute approximate surface area is 142 Å². The molecule has 0 amide bonds. The molecule has 3 unspecified atom stereocenters. The average molecular weight is 322 g/mol. The maximum atomic E-state index is 4.56. The summed E-state index contributed by atoms with van der Waals surface area (Å²) in [6, 6.07) is 0.574. The van der Waals surface area contributed by atoms with Crippen molar-refractivity contribution in [3.63, 3.8) is 0 Å². The maximum absolute atomic E-state index is 4.56. The van der Waals surface area contributed by atoms with Gasteiger partial charge in [0.25, 0.3) is 0 Å². The van der Waals surface area contributed by atoms with E-state index in [9.17, 15) is 0 Å². The number of hydrogen-bond acceptors (Lipinski definition) is 3. The van der Waals surface area contributed by atoms with Gasteiger partial charge in [0, 0.05) is 58.9 Å². The molecule has 5 heteroatoms. The Kier molecular flexibility index (Phi) is 5.81. The summed E-state index contributed by atoms with van der Waals surface area (Å²) in [4.78, 5) is 12.1. The van der Waals surface area contributed by atoms with Gasteiger partial charge in [0.05, 0.1) is 0 Å². The molecule has 0 aromatic carbocycles. The van der Waals surface area contributed by atoms with Crippen LogP contribution < -0.4 is 5.32 Å². The molecule has 2 heterocycles. The van der Waals surface area contributed by atoms with Crippen LogP contribution in [0.25, 0.3) is 0 Å². The van der Waals surface area contributed by atoms with E-state index in [1.807, 2.05) is 7.05 Å². The predicted molar refractivity (Wildman–Crippen MR) is 96.9 cm³/mol. The van der Waals surface area contributed by atoms with E-state index in [1.54, 1.807) is 0 Å². The molecule has 3 aliphatic rings. The molecule has 1 aliphatic carbocycles. The van der Waals surface area contributed by atoms with E-state index in [1.165, 1.54) is 65.0 Å². The van der Waals surface area contributed by atoms with Crippen molar-refractivity contribution >= 4 is 5.96 Å². The second kappa shape index (κ2) is 7.84. The molecule has 0 radical (unpaired) electrons. The van der Waals surface area contributed by atoms with Crippen LogP contribution in [0.2, 0.25) is 0 Å². The molecular formula is C18H35N5. The maximum Gasteiger partial charge on any atom is 0.193 e. The highest BCUT2D eigenvalue weighted by Gasteiger charge is 2.35. The van der Waals surface area contributed by atoms with E-state index in [4.69, 9.17) is 0 Å². The van der Waals surface area contributed by atoms with Gasteiger partial charge < -0.3 is 15.1 Å². The molecule has 1 N–H and O–H groups in total. The Morgan fingerprint density at radius 2 is 1.70 bits per heavy atom. The van der Waals surface area contributed by atoms with E-state index in [-0.39, 0.29) is 0 Å². The molecule has 5 nitrogen and oxygen atoms in total. The monoisotopic (exact) mass is 321 g/mol. The zero-order chi connectivity index (χ0) is 16.2. The molecular weight excluding hydrogens is 286 g/mol. The minimum atomic E-state index is 0.574. The van der Waals surface area contributed by atoms with Crippen molar-refractivity contribution in [3.05, 3.63) is 0 Å². The highest BCUT2D eigenvalue weighted by Crippen LogP contribution is 2.35. The summed E-state index contributed by atoms with van der Waals surface area (Å²) in [5.74, 6) is 2.95. The van der Waals surface area contributed by atoms with Crippen molar-refractivity contribution in [1.82, 2.24) is 20.0 Å². The number of fused-ring (bicyclic) bond motifs is 1. The molecule has 1 saturated carbocycles. The van der Waals surface area contributed by atoms with Gasteiger partial charge >= 0.3 is 0 Å². The fraction of sp³-hybridized carbons (Fsp3) is 0.944. The Balaban J connectivity index is 1.46. The van der Waals surface area contributed by atoms with Crippen LogP contribution in [-0.4, -0.2) is 86.6 Å². The first kappa shape index (κ1) is 17.0. The molecule has 0 bridgehead atoms. The summed E-state index contributed by atoms with van der Waals surface area (Å²) in [6.45, 7) is 10.5. The molecule has 3 atom stereocenters. The normalized spacial score (nSPS) is 32.0. The van der Waals surface area contributed by atoms with Gasteiger partial charge in [0.15, 0.2) is 5.96 Å². The number of piperazine rings is 1. The fourth-order valence-corrected chi connectivity index (χ4v) is 4.54. The van der Waals surface area contributed by atoms with Crippen LogP contribution in [0.5, 0.6) is 0 Å². The Morgan fingerprint density at radius 3 is 2.26 bits per heavy atom. The summed E-state index contributed by atoms with van der Waals surface area (Å²) in [5, 5.41) is 3.65. The third-order valence-corrected chi connectivity index (χ3v) is 6.20. The molecule has 0 aromatic heterocycles. The topological polar surface area (TPSA) is 34.1 Å². The lowest BCUT2D eigenvalue weighted by molar-refractivity contribution is 0.119. The lowest BCUT2D eigenvalue weighted by Crippen LogP contribution is -2.52. The van der Waals surface area contributed by atoms with Crippen LogP contribution in [-0.2, 0) is 0 Å². The number of likely N-dealkylation sites (N-methyl/N-ethyl adjacent to an activating group) is 1. The lowest BCUT2D eigenvalue weighted by Gasteiger charge is -2.37. The largest absolute Gasteiger partial charge is 0.355 e. The van der Waals surface area contributed by atoms with E-state index in [2.05, 4.69) is 39.0 Å². The van der Waals surface area contributed by atoms with Gasteiger partial charge in [-0.05, 0) is 38.6 Å². The molecule has 0 aromatic rings. The quantitative estimate of drug-likeness (QED) is 0.628. The number of guanidine groups is 1. The van der Waals surface area contributed by atoms with E-state index in [0.717, 1.165) is 24.3 Å². The van der Waals surface area contributed by atoms with Crippen LogP contribution in [0.1, 0.15) is 32.6 Å². The highest BCUT2D eigenvalue weighted by molar-refractivity contribution is 5.80. The van der Waals surface area contributed by atoms with Crippen LogP contribution in [0.3, 0.4) is 0 Å². The number of nitrogens with zero attached hydrogens (tertiary/aromatic N) is 4. The highest BCUT2D eigenvalue weighted by atomic mass is 15.3. The number of nitrogens with one attached hydrogen (secondary N) is 1. The Hall–Kier alpha value is -0.810. The van der Waals surface area contributed by atoms with Crippen molar-refractivity contribution in [2.45, 2.75) is 38.6 Å². The van der Waals surface area contributed by atoms with Crippen molar-refractivity contribution in [2.24, 2.45) is 16.8 Å². The van der Waals surface area contributed by atoms with Gasteiger partial charge in [-0.3, -0.25) is 9.89 Å². The van der Waals surface area contributed by atoms with Crippen LogP contribution >= 0.6 is 0 Å². The van der Waals surface area contributed by atoms with Gasteiger partial charge in [-0.1, -0.05) is 12.8 Å². The van der Waals surface area contributed by atoms with Gasteiger partial charge in [0.1, 0.15) is 0 Å². The van der Waals surface area contributed by atoms with E-state index < -0.39 is 0 Å². The predicted octanol–water partition coefficient (Wildman–Crippen LogP) is 1.32. The third-order valence-electron chi connectivity index (χ3n) is 6.20. The van der Waals surface area contributed by atoms with Gasteiger partial charge in [-0.25, -0.2) is 0 Å². The van der Waals surface area contributed by atoms with Crippen molar-refractivity contribution in [2.75, 3.05) is 59.9 Å². The summed E-state index contributed by atoms with van der Waals surface area (Å²) < 4.78 is 0. The van der Waals surface area contributed by atoms with Gasteiger partial charge in [0.2, 0.25) is 0 Å². The smallest absolute Gasteiger partial charge is 0.193 e. The number of rotatable bonds is 3. The minimum absolute atomic E-state index is 0.574. The minimum Gasteiger partial charge on any atom is -0.355 e. The zero-order valence-corrected chi connectivity index (χ0v) is 15.3. The summed E-state index contributed by atoms with van der Waals surface area (Å²) in [7, 11) is 4.15. The fourth-order valence-electron chi connectivity index (χ4n) is 4.54. The lowest BCUT2D eigenvalue weighted by atomic mass is 9.82. The van der Waals surface area contributed by atoms with Crippen molar-refractivity contribution in [3.8, 4) is 0 Å². The molecule has 132 valence electrons. The van der Waals surface area contributed by atoms with Crippen LogP contribution in [0.4, 0.5) is 0 Å². The van der Waals surface area contributed by atoms with Crippen LogP contribution in [0.15, 0.2) is 4.99 Å². The van der Waals surface area contributed by atoms with Crippen molar-refractivity contribution < 1.29 is 0 Å². The molecule has 0 spiro atoms. The first-order valence-electron chi connectivity index (χ1n) is 9.55. The summed E-state index contributed by atoms with van der Waals surface area (Å²) in [6.07, 6.45) is 5.72. The van der Waals surface area contributed by atoms with E-state index in [0.29, 0.717) is 6.04 Å². The Bertz CT molecular complexity index is 388. The second-order valence-electron chi connectivity index (χ2n) is 7.83. The molecule has 3 rings (SSSR count). The molecule has 23 heavy (non-hydrogen) atoms. The SMILES string of the molecule is CN=C(NCC(C)N1CCN(C)CC1)N1CC2CCCCC2C1. The zero-order valence-electron chi connectivity index (χ0n) is 15.3. The first-order chi connectivity index (χ1) is 11.2. The number of hydrogen-bond donors (Lipinski definition) is 1. The third kappa shape index (κ3) is 4.18. The molecule has 3 fully saturated rings.